The molecule has 0 saturated carbocycles. The normalized spacial score (nSPS) is 13.3. The molecule has 0 radical (unpaired) electrons. The molecule has 3 N–H and O–H groups in total. The summed E-state index contributed by atoms with van der Waals surface area (Å²) in [7, 11) is 0. The molecule has 3 rings (SSSR count). The van der Waals surface area contributed by atoms with Gasteiger partial charge in [0.2, 0.25) is 0 Å². The lowest BCUT2D eigenvalue weighted by Gasteiger charge is -2.05. The highest BCUT2D eigenvalue weighted by Crippen LogP contribution is 2.30. The van der Waals surface area contributed by atoms with E-state index in [0.717, 1.165) is 25.0 Å². The largest absolute Gasteiger partial charge is 0.396 e. The number of anilines is 2. The zero-order valence-electron chi connectivity index (χ0n) is 10.1. The standard InChI is InChI=1S/C13H12FN3OS/c14-8-4-1-3-7(11(8)15)12(18)17-13-16-9-5-2-6-10(9)19-13/h1,3-4H,2,5-6,15H2,(H,16,17,18). The molecule has 0 fully saturated rings. The van der Waals surface area contributed by atoms with E-state index in [1.807, 2.05) is 0 Å². The molecule has 4 nitrogen and oxygen atoms in total. The first-order chi connectivity index (χ1) is 9.15. The first-order valence-electron chi connectivity index (χ1n) is 5.99. The van der Waals surface area contributed by atoms with E-state index in [9.17, 15) is 9.18 Å². The SMILES string of the molecule is Nc1c(F)cccc1C(=O)Nc1nc2c(s1)CCC2. The van der Waals surface area contributed by atoms with Crippen molar-refractivity contribution in [1.29, 1.82) is 0 Å². The molecule has 0 aliphatic heterocycles. The summed E-state index contributed by atoms with van der Waals surface area (Å²) in [6.45, 7) is 0. The van der Waals surface area contributed by atoms with Gasteiger partial charge in [-0.05, 0) is 31.4 Å². The van der Waals surface area contributed by atoms with Gasteiger partial charge in [0.25, 0.3) is 5.91 Å². The minimum atomic E-state index is -0.589. The van der Waals surface area contributed by atoms with Crippen molar-refractivity contribution in [3.05, 3.63) is 40.2 Å². The Kier molecular flexibility index (Phi) is 2.94. The maximum atomic E-state index is 13.3. The average Bonchev–Trinajstić information content (AvgIpc) is 2.93. The molecule has 0 atom stereocenters. The fourth-order valence-electron chi connectivity index (χ4n) is 2.14. The Morgan fingerprint density at radius 1 is 1.42 bits per heavy atom. The lowest BCUT2D eigenvalue weighted by atomic mass is 10.1. The Bertz CT molecular complexity index is 632. The smallest absolute Gasteiger partial charge is 0.259 e. The molecule has 1 amide bonds. The number of hydrogen-bond donors (Lipinski definition) is 2. The second kappa shape index (κ2) is 4.62. The number of aromatic nitrogens is 1. The fraction of sp³-hybridized carbons (Fsp3) is 0.231. The number of nitrogen functional groups attached to an aromatic ring is 1. The number of benzene rings is 1. The quantitative estimate of drug-likeness (QED) is 0.829. The summed E-state index contributed by atoms with van der Waals surface area (Å²) in [5, 5.41) is 3.23. The Morgan fingerprint density at radius 3 is 3.05 bits per heavy atom. The van der Waals surface area contributed by atoms with Gasteiger partial charge in [0, 0.05) is 4.88 Å². The lowest BCUT2D eigenvalue weighted by molar-refractivity contribution is 0.102. The number of amides is 1. The summed E-state index contributed by atoms with van der Waals surface area (Å²) in [5.74, 6) is -1.02. The number of halogens is 1. The van der Waals surface area contributed by atoms with Crippen molar-refractivity contribution in [3.63, 3.8) is 0 Å². The van der Waals surface area contributed by atoms with Crippen LogP contribution in [0, 0.1) is 5.82 Å². The number of carbonyl (C=O) groups excluding carboxylic acids is 1. The average molecular weight is 277 g/mol. The summed E-state index contributed by atoms with van der Waals surface area (Å²) in [6, 6.07) is 4.18. The minimum Gasteiger partial charge on any atom is -0.396 e. The van der Waals surface area contributed by atoms with Crippen molar-refractivity contribution in [2.75, 3.05) is 11.1 Å². The molecule has 1 aromatic heterocycles. The van der Waals surface area contributed by atoms with Gasteiger partial charge in [0.1, 0.15) is 5.82 Å². The van der Waals surface area contributed by atoms with E-state index < -0.39 is 11.7 Å². The number of nitrogens with one attached hydrogen (secondary N) is 1. The summed E-state index contributed by atoms with van der Waals surface area (Å²) < 4.78 is 13.3. The summed E-state index contributed by atoms with van der Waals surface area (Å²) in [4.78, 5) is 17.6. The van der Waals surface area contributed by atoms with Crippen LogP contribution in [-0.4, -0.2) is 10.9 Å². The number of fused-ring (bicyclic) bond motifs is 1. The van der Waals surface area contributed by atoms with Gasteiger partial charge >= 0.3 is 0 Å². The van der Waals surface area contributed by atoms with Crippen molar-refractivity contribution in [3.8, 4) is 0 Å². The molecule has 0 bridgehead atoms. The highest BCUT2D eigenvalue weighted by molar-refractivity contribution is 7.16. The van der Waals surface area contributed by atoms with Gasteiger partial charge in [-0.1, -0.05) is 6.07 Å². The maximum absolute atomic E-state index is 13.3. The summed E-state index contributed by atoms with van der Waals surface area (Å²) >= 11 is 1.48. The Hall–Kier alpha value is -1.95. The van der Waals surface area contributed by atoms with Gasteiger partial charge in [-0.2, -0.15) is 0 Å². The topological polar surface area (TPSA) is 68.0 Å². The van der Waals surface area contributed by atoms with Crippen LogP contribution in [-0.2, 0) is 12.8 Å². The third kappa shape index (κ3) is 2.19. The zero-order chi connectivity index (χ0) is 13.4. The van der Waals surface area contributed by atoms with Crippen LogP contribution in [0.5, 0.6) is 0 Å². The molecule has 6 heteroatoms. The van der Waals surface area contributed by atoms with Crippen molar-refractivity contribution >= 4 is 28.1 Å². The number of rotatable bonds is 2. The molecule has 1 aliphatic carbocycles. The second-order valence-electron chi connectivity index (χ2n) is 4.40. The number of aryl methyl sites for hydroxylation is 2. The number of carbonyl (C=O) groups is 1. The highest BCUT2D eigenvalue weighted by atomic mass is 32.1. The van der Waals surface area contributed by atoms with E-state index in [-0.39, 0.29) is 11.3 Å². The monoisotopic (exact) mass is 277 g/mol. The van der Waals surface area contributed by atoms with Crippen molar-refractivity contribution in [2.45, 2.75) is 19.3 Å². The minimum absolute atomic E-state index is 0.135. The molecular weight excluding hydrogens is 265 g/mol. The number of thiazole rings is 1. The van der Waals surface area contributed by atoms with Crippen molar-refractivity contribution in [2.24, 2.45) is 0 Å². The van der Waals surface area contributed by atoms with Crippen LogP contribution in [0.3, 0.4) is 0 Å². The predicted octanol–water partition coefficient (Wildman–Crippen LogP) is 2.61. The van der Waals surface area contributed by atoms with Crippen LogP contribution in [0.25, 0.3) is 0 Å². The Labute approximate surface area is 113 Å². The van der Waals surface area contributed by atoms with Crippen LogP contribution in [0.15, 0.2) is 18.2 Å². The lowest BCUT2D eigenvalue weighted by Crippen LogP contribution is -2.14. The maximum Gasteiger partial charge on any atom is 0.259 e. The van der Waals surface area contributed by atoms with Crippen LogP contribution in [0.1, 0.15) is 27.3 Å². The Balaban J connectivity index is 1.82. The Morgan fingerprint density at radius 2 is 2.26 bits per heavy atom. The van der Waals surface area contributed by atoms with E-state index in [1.165, 1.54) is 34.4 Å². The molecule has 98 valence electrons. The number of nitrogens with zero attached hydrogens (tertiary/aromatic N) is 1. The van der Waals surface area contributed by atoms with Gasteiger partial charge in [0.15, 0.2) is 5.13 Å². The van der Waals surface area contributed by atoms with Crippen molar-refractivity contribution < 1.29 is 9.18 Å². The molecule has 0 unspecified atom stereocenters. The molecule has 1 aromatic carbocycles. The van der Waals surface area contributed by atoms with E-state index in [1.54, 1.807) is 0 Å². The first-order valence-corrected chi connectivity index (χ1v) is 6.80. The van der Waals surface area contributed by atoms with Gasteiger partial charge < -0.3 is 5.73 Å². The van der Waals surface area contributed by atoms with Gasteiger partial charge in [-0.15, -0.1) is 11.3 Å². The van der Waals surface area contributed by atoms with E-state index in [4.69, 9.17) is 5.73 Å². The predicted molar refractivity (Wildman–Crippen MR) is 72.9 cm³/mol. The number of hydrogen-bond acceptors (Lipinski definition) is 4. The van der Waals surface area contributed by atoms with Crippen LogP contribution in [0.4, 0.5) is 15.2 Å². The van der Waals surface area contributed by atoms with Gasteiger partial charge in [0.05, 0.1) is 16.9 Å². The van der Waals surface area contributed by atoms with Crippen LogP contribution < -0.4 is 11.1 Å². The molecule has 1 heterocycles. The third-order valence-corrected chi connectivity index (χ3v) is 4.19. The fourth-order valence-corrected chi connectivity index (χ4v) is 3.19. The second-order valence-corrected chi connectivity index (χ2v) is 5.48. The van der Waals surface area contributed by atoms with E-state index >= 15 is 0 Å². The van der Waals surface area contributed by atoms with E-state index in [0.29, 0.717) is 5.13 Å². The van der Waals surface area contributed by atoms with Crippen LogP contribution in [0.2, 0.25) is 0 Å². The molecule has 0 saturated heterocycles. The number of para-hydroxylation sites is 1. The first kappa shape index (κ1) is 12.1. The third-order valence-electron chi connectivity index (χ3n) is 3.11. The van der Waals surface area contributed by atoms with Gasteiger partial charge in [-0.3, -0.25) is 10.1 Å². The molecule has 19 heavy (non-hydrogen) atoms. The molecular formula is C13H12FN3OS. The van der Waals surface area contributed by atoms with Crippen LogP contribution >= 0.6 is 11.3 Å². The molecule has 0 spiro atoms. The number of nitrogens with two attached hydrogens (primary N) is 1. The highest BCUT2D eigenvalue weighted by Gasteiger charge is 2.19. The van der Waals surface area contributed by atoms with Crippen molar-refractivity contribution in [1.82, 2.24) is 4.98 Å². The summed E-state index contributed by atoms with van der Waals surface area (Å²) in [6.07, 6.45) is 3.11. The summed E-state index contributed by atoms with van der Waals surface area (Å²) in [5.41, 5.74) is 6.62. The zero-order valence-corrected chi connectivity index (χ0v) is 10.9. The van der Waals surface area contributed by atoms with E-state index in [2.05, 4.69) is 10.3 Å². The van der Waals surface area contributed by atoms with Gasteiger partial charge in [-0.25, -0.2) is 9.37 Å². The molecule has 2 aromatic rings. The molecule has 1 aliphatic rings.